The molecule has 1 atom stereocenters. The standard InChI is InChI=1S/C10H13NO2/c1-6-10(3,4)8(11-5)9(12)13-7-2/h1,8H,7H2,2-4H3. The van der Waals surface area contributed by atoms with Crippen molar-refractivity contribution in [3.63, 3.8) is 0 Å². The van der Waals surface area contributed by atoms with Crippen molar-refractivity contribution in [3.8, 4) is 12.3 Å². The molecule has 0 spiro atoms. The highest BCUT2D eigenvalue weighted by Crippen LogP contribution is 2.23. The Bertz CT molecular complexity index is 268. The summed E-state index contributed by atoms with van der Waals surface area (Å²) in [7, 11) is 0. The molecule has 0 radical (unpaired) electrons. The molecule has 0 fully saturated rings. The molecule has 1 unspecified atom stereocenters. The third-order valence-electron chi connectivity index (χ3n) is 1.69. The molecule has 0 amide bonds. The summed E-state index contributed by atoms with van der Waals surface area (Å²) in [5, 5.41) is 0. The third kappa shape index (κ3) is 2.80. The third-order valence-corrected chi connectivity index (χ3v) is 1.69. The number of hydrogen-bond donors (Lipinski definition) is 0. The van der Waals surface area contributed by atoms with E-state index < -0.39 is 17.4 Å². The lowest BCUT2D eigenvalue weighted by molar-refractivity contribution is -0.145. The van der Waals surface area contributed by atoms with Gasteiger partial charge in [0.15, 0.2) is 0 Å². The number of carbonyl (C=O) groups is 1. The van der Waals surface area contributed by atoms with Crippen molar-refractivity contribution >= 4 is 5.97 Å². The highest BCUT2D eigenvalue weighted by atomic mass is 16.5. The smallest absolute Gasteiger partial charge is 0.391 e. The molecule has 0 aromatic heterocycles. The molecular weight excluding hydrogens is 166 g/mol. The Kier molecular flexibility index (Phi) is 4.01. The van der Waals surface area contributed by atoms with Gasteiger partial charge in [-0.25, -0.2) is 11.4 Å². The van der Waals surface area contributed by atoms with Crippen LogP contribution in [0.15, 0.2) is 0 Å². The summed E-state index contributed by atoms with van der Waals surface area (Å²) in [4.78, 5) is 14.4. The molecule has 0 bridgehead atoms. The predicted molar refractivity (Wildman–Crippen MR) is 49.6 cm³/mol. The molecule has 0 aliphatic carbocycles. The van der Waals surface area contributed by atoms with Gasteiger partial charge in [0.25, 0.3) is 0 Å². The number of esters is 1. The maximum Gasteiger partial charge on any atom is 0.391 e. The summed E-state index contributed by atoms with van der Waals surface area (Å²) in [6, 6.07) is -0.905. The van der Waals surface area contributed by atoms with E-state index in [9.17, 15) is 4.79 Å². The first kappa shape index (κ1) is 11.5. The SMILES string of the molecule is [C-]#[N+]C(C(=O)OCC)C(C)(C)C#C. The number of ether oxygens (including phenoxy) is 1. The Balaban J connectivity index is 4.66. The van der Waals surface area contributed by atoms with E-state index in [1.54, 1.807) is 20.8 Å². The Labute approximate surface area is 78.9 Å². The zero-order valence-electron chi connectivity index (χ0n) is 8.13. The van der Waals surface area contributed by atoms with E-state index in [1.807, 2.05) is 0 Å². The van der Waals surface area contributed by atoms with Crippen LogP contribution in [-0.4, -0.2) is 18.6 Å². The summed E-state index contributed by atoms with van der Waals surface area (Å²) in [6.45, 7) is 12.2. The van der Waals surface area contributed by atoms with Crippen LogP contribution in [0.2, 0.25) is 0 Å². The van der Waals surface area contributed by atoms with Gasteiger partial charge in [-0.2, -0.15) is 0 Å². The van der Waals surface area contributed by atoms with Crippen LogP contribution in [0.25, 0.3) is 4.85 Å². The average molecular weight is 179 g/mol. The summed E-state index contributed by atoms with van der Waals surface area (Å²) in [6.07, 6.45) is 5.22. The zero-order valence-corrected chi connectivity index (χ0v) is 8.13. The van der Waals surface area contributed by atoms with Crippen LogP contribution in [0.4, 0.5) is 0 Å². The largest absolute Gasteiger partial charge is 0.460 e. The highest BCUT2D eigenvalue weighted by molar-refractivity contribution is 5.79. The first-order chi connectivity index (χ1) is 5.99. The van der Waals surface area contributed by atoms with E-state index in [-0.39, 0.29) is 6.61 Å². The van der Waals surface area contributed by atoms with E-state index in [0.717, 1.165) is 0 Å². The van der Waals surface area contributed by atoms with Crippen LogP contribution in [0.1, 0.15) is 20.8 Å². The molecule has 3 nitrogen and oxygen atoms in total. The van der Waals surface area contributed by atoms with E-state index in [1.165, 1.54) is 0 Å². The van der Waals surface area contributed by atoms with Crippen molar-refractivity contribution in [3.05, 3.63) is 11.4 Å². The summed E-state index contributed by atoms with van der Waals surface area (Å²) >= 11 is 0. The van der Waals surface area contributed by atoms with E-state index in [2.05, 4.69) is 10.8 Å². The average Bonchev–Trinajstić information content (AvgIpc) is 2.05. The molecule has 70 valence electrons. The van der Waals surface area contributed by atoms with Crippen LogP contribution in [0, 0.1) is 24.3 Å². The van der Waals surface area contributed by atoms with Gasteiger partial charge in [0.2, 0.25) is 0 Å². The molecule has 13 heavy (non-hydrogen) atoms. The number of rotatable bonds is 3. The Morgan fingerprint density at radius 1 is 1.77 bits per heavy atom. The topological polar surface area (TPSA) is 30.7 Å². The fraction of sp³-hybridized carbons (Fsp3) is 0.600. The Morgan fingerprint density at radius 2 is 2.31 bits per heavy atom. The zero-order chi connectivity index (χ0) is 10.5. The van der Waals surface area contributed by atoms with Gasteiger partial charge in [0, 0.05) is 0 Å². The lowest BCUT2D eigenvalue weighted by atomic mass is 9.86. The number of carbonyl (C=O) groups excluding carboxylic acids is 1. The summed E-state index contributed by atoms with van der Waals surface area (Å²) in [5.74, 6) is 1.88. The Hall–Kier alpha value is -1.48. The van der Waals surface area contributed by atoms with Gasteiger partial charge < -0.3 is 4.74 Å². The monoisotopic (exact) mass is 179 g/mol. The van der Waals surface area contributed by atoms with Crippen molar-refractivity contribution in [1.82, 2.24) is 0 Å². The number of hydrogen-bond acceptors (Lipinski definition) is 2. The van der Waals surface area contributed by atoms with Crippen molar-refractivity contribution in [2.45, 2.75) is 26.8 Å². The molecule has 0 aliphatic rings. The predicted octanol–water partition coefficient (Wildman–Crippen LogP) is 1.50. The minimum Gasteiger partial charge on any atom is -0.460 e. The second-order valence-corrected chi connectivity index (χ2v) is 3.15. The van der Waals surface area contributed by atoms with Crippen LogP contribution < -0.4 is 0 Å². The summed E-state index contributed by atoms with van der Waals surface area (Å²) in [5.41, 5.74) is -0.770. The second-order valence-electron chi connectivity index (χ2n) is 3.15. The van der Waals surface area contributed by atoms with Gasteiger partial charge >= 0.3 is 12.0 Å². The molecule has 0 heterocycles. The minimum absolute atomic E-state index is 0.269. The first-order valence-corrected chi connectivity index (χ1v) is 4.00. The van der Waals surface area contributed by atoms with E-state index >= 15 is 0 Å². The minimum atomic E-state index is -0.905. The van der Waals surface area contributed by atoms with Gasteiger partial charge in [0.1, 0.15) is 5.41 Å². The molecule has 0 saturated heterocycles. The molecule has 0 N–H and O–H groups in total. The van der Waals surface area contributed by atoms with Crippen molar-refractivity contribution in [2.24, 2.45) is 5.41 Å². The van der Waals surface area contributed by atoms with Crippen LogP contribution in [0.5, 0.6) is 0 Å². The van der Waals surface area contributed by atoms with Gasteiger partial charge in [0.05, 0.1) is 6.61 Å². The van der Waals surface area contributed by atoms with Crippen LogP contribution in [-0.2, 0) is 9.53 Å². The number of terminal acetylenes is 1. The van der Waals surface area contributed by atoms with Crippen molar-refractivity contribution < 1.29 is 9.53 Å². The maximum atomic E-state index is 11.2. The quantitative estimate of drug-likeness (QED) is 0.373. The lowest BCUT2D eigenvalue weighted by Crippen LogP contribution is -2.34. The number of nitrogens with zero attached hydrogens (tertiary/aromatic N) is 1. The van der Waals surface area contributed by atoms with E-state index in [4.69, 9.17) is 17.7 Å². The molecule has 0 rings (SSSR count). The molecule has 3 heteroatoms. The fourth-order valence-electron chi connectivity index (χ4n) is 0.809. The first-order valence-electron chi connectivity index (χ1n) is 4.00. The van der Waals surface area contributed by atoms with Gasteiger partial charge in [-0.15, -0.1) is 6.42 Å². The second kappa shape index (κ2) is 4.52. The van der Waals surface area contributed by atoms with Gasteiger partial charge in [-0.3, -0.25) is 4.85 Å². The molecule has 0 saturated carbocycles. The van der Waals surface area contributed by atoms with Crippen LogP contribution >= 0.6 is 0 Å². The fourth-order valence-corrected chi connectivity index (χ4v) is 0.809. The van der Waals surface area contributed by atoms with E-state index in [0.29, 0.717) is 0 Å². The lowest BCUT2D eigenvalue weighted by Gasteiger charge is -2.17. The molecule has 0 aromatic carbocycles. The van der Waals surface area contributed by atoms with Gasteiger partial charge in [-0.05, 0) is 20.8 Å². The molecule has 0 aliphatic heterocycles. The normalized spacial score (nSPS) is 12.4. The molecule has 0 aromatic rings. The Morgan fingerprint density at radius 3 is 2.62 bits per heavy atom. The van der Waals surface area contributed by atoms with Crippen LogP contribution in [0.3, 0.4) is 0 Å². The summed E-state index contributed by atoms with van der Waals surface area (Å²) < 4.78 is 4.73. The molecular formula is C10H13NO2. The maximum absolute atomic E-state index is 11.2. The highest BCUT2D eigenvalue weighted by Gasteiger charge is 2.40. The van der Waals surface area contributed by atoms with Crippen molar-refractivity contribution in [1.29, 1.82) is 0 Å². The van der Waals surface area contributed by atoms with Gasteiger partial charge in [-0.1, -0.05) is 5.92 Å². The van der Waals surface area contributed by atoms with Crippen molar-refractivity contribution in [2.75, 3.05) is 6.61 Å².